The molecule has 0 aliphatic heterocycles. The highest BCUT2D eigenvalue weighted by Crippen LogP contribution is 2.20. The van der Waals surface area contributed by atoms with E-state index in [4.69, 9.17) is 4.42 Å². The van der Waals surface area contributed by atoms with E-state index < -0.39 is 12.2 Å². The van der Waals surface area contributed by atoms with Crippen molar-refractivity contribution in [1.29, 1.82) is 0 Å². The zero-order valence-electron chi connectivity index (χ0n) is 10.7. The molecular formula is C15H18O3. The predicted molar refractivity (Wildman–Crippen MR) is 70.6 cm³/mol. The predicted octanol–water partition coefficient (Wildman–Crippen LogP) is 2.59. The number of hydrogen-bond donors (Lipinski definition) is 2. The van der Waals surface area contributed by atoms with E-state index in [2.05, 4.69) is 18.4 Å². The van der Waals surface area contributed by atoms with Crippen LogP contribution in [0.15, 0.2) is 46.8 Å². The standard InChI is InChI=1S/C15H18O3/c1-11(2)5-4-6-12(3)14(16)9-15(17)13-7-8-18-10-13/h5,7-8,10,14-17H,3,9H2,1-2H3/t14-,15-/m0/s1. The minimum atomic E-state index is -0.854. The van der Waals surface area contributed by atoms with Crippen molar-refractivity contribution in [3.63, 3.8) is 0 Å². The van der Waals surface area contributed by atoms with Crippen molar-refractivity contribution in [2.24, 2.45) is 0 Å². The molecule has 0 aromatic carbocycles. The molecule has 0 spiro atoms. The van der Waals surface area contributed by atoms with Crippen LogP contribution in [0.2, 0.25) is 0 Å². The van der Waals surface area contributed by atoms with E-state index >= 15 is 0 Å². The first kappa shape index (κ1) is 14.3. The zero-order valence-corrected chi connectivity index (χ0v) is 10.7. The molecule has 0 aliphatic rings. The van der Waals surface area contributed by atoms with Gasteiger partial charge in [0.05, 0.1) is 24.7 Å². The highest BCUT2D eigenvalue weighted by Gasteiger charge is 2.16. The van der Waals surface area contributed by atoms with Crippen LogP contribution < -0.4 is 0 Å². The molecule has 1 heterocycles. The van der Waals surface area contributed by atoms with Gasteiger partial charge in [0.25, 0.3) is 0 Å². The second-order valence-corrected chi connectivity index (χ2v) is 4.34. The molecule has 0 unspecified atom stereocenters. The minimum Gasteiger partial charge on any atom is -0.472 e. The smallest absolute Gasteiger partial charge is 0.0960 e. The average Bonchev–Trinajstić information content (AvgIpc) is 2.81. The maximum atomic E-state index is 9.84. The second kappa shape index (κ2) is 6.85. The van der Waals surface area contributed by atoms with E-state index in [0.717, 1.165) is 5.57 Å². The fourth-order valence-corrected chi connectivity index (χ4v) is 1.31. The van der Waals surface area contributed by atoms with Crippen molar-refractivity contribution in [1.82, 2.24) is 0 Å². The number of aliphatic hydroxyl groups is 2. The fourth-order valence-electron chi connectivity index (χ4n) is 1.31. The molecule has 3 nitrogen and oxygen atoms in total. The molecule has 0 radical (unpaired) electrons. The van der Waals surface area contributed by atoms with Crippen LogP contribution in [0.5, 0.6) is 0 Å². The van der Waals surface area contributed by atoms with Gasteiger partial charge >= 0.3 is 0 Å². The van der Waals surface area contributed by atoms with Gasteiger partial charge in [-0.25, -0.2) is 0 Å². The normalized spacial score (nSPS) is 13.1. The highest BCUT2D eigenvalue weighted by atomic mass is 16.3. The number of furan rings is 1. The Hall–Kier alpha value is -1.76. The summed E-state index contributed by atoms with van der Waals surface area (Å²) in [7, 11) is 0. The van der Waals surface area contributed by atoms with Crippen molar-refractivity contribution in [3.05, 3.63) is 48.0 Å². The van der Waals surface area contributed by atoms with Crippen LogP contribution in [0.25, 0.3) is 0 Å². The van der Waals surface area contributed by atoms with Gasteiger partial charge in [0.15, 0.2) is 0 Å². The van der Waals surface area contributed by atoms with Gasteiger partial charge in [-0.2, -0.15) is 0 Å². The fraction of sp³-hybridized carbons (Fsp3) is 0.333. The summed E-state index contributed by atoms with van der Waals surface area (Å²) in [6.45, 7) is 7.58. The maximum Gasteiger partial charge on any atom is 0.0960 e. The summed E-state index contributed by atoms with van der Waals surface area (Å²) in [5.41, 5.74) is 2.12. The van der Waals surface area contributed by atoms with Gasteiger partial charge in [-0.05, 0) is 26.0 Å². The van der Waals surface area contributed by atoms with Crippen LogP contribution in [-0.4, -0.2) is 16.3 Å². The Kier molecular flexibility index (Phi) is 5.44. The van der Waals surface area contributed by atoms with E-state index in [1.54, 1.807) is 12.1 Å². The van der Waals surface area contributed by atoms with Crippen molar-refractivity contribution in [2.45, 2.75) is 32.5 Å². The lowest BCUT2D eigenvalue weighted by Crippen LogP contribution is -2.13. The van der Waals surface area contributed by atoms with Gasteiger partial charge < -0.3 is 14.6 Å². The van der Waals surface area contributed by atoms with Gasteiger partial charge in [-0.1, -0.05) is 24.0 Å². The largest absolute Gasteiger partial charge is 0.472 e. The molecule has 0 aliphatic carbocycles. The number of allylic oxidation sites excluding steroid dienone is 2. The summed E-state index contributed by atoms with van der Waals surface area (Å²) in [6, 6.07) is 1.66. The molecule has 0 saturated heterocycles. The lowest BCUT2D eigenvalue weighted by molar-refractivity contribution is 0.101. The van der Waals surface area contributed by atoms with E-state index in [9.17, 15) is 10.2 Å². The molecule has 2 atom stereocenters. The lowest BCUT2D eigenvalue weighted by Gasteiger charge is -2.13. The number of rotatable bonds is 4. The van der Waals surface area contributed by atoms with Crippen LogP contribution in [0.1, 0.15) is 31.9 Å². The summed E-state index contributed by atoms with van der Waals surface area (Å²) in [5.74, 6) is 5.56. The first-order chi connectivity index (χ1) is 8.50. The van der Waals surface area contributed by atoms with Gasteiger partial charge in [0.2, 0.25) is 0 Å². The Morgan fingerprint density at radius 1 is 1.50 bits per heavy atom. The van der Waals surface area contributed by atoms with Gasteiger partial charge in [-0.15, -0.1) is 0 Å². The van der Waals surface area contributed by atoms with Gasteiger partial charge in [0.1, 0.15) is 0 Å². The molecule has 1 aromatic heterocycles. The van der Waals surface area contributed by atoms with E-state index in [1.807, 2.05) is 13.8 Å². The Bertz CT molecular complexity index is 468. The first-order valence-electron chi connectivity index (χ1n) is 5.72. The third-order valence-corrected chi connectivity index (χ3v) is 2.37. The molecule has 3 heteroatoms. The molecule has 0 bridgehead atoms. The second-order valence-electron chi connectivity index (χ2n) is 4.34. The SMILES string of the molecule is C=C(C#CC=C(C)C)[C@@H](O)C[C@H](O)c1ccoc1. The maximum absolute atomic E-state index is 9.84. The summed E-state index contributed by atoms with van der Waals surface area (Å²) >= 11 is 0. The molecule has 96 valence electrons. The Morgan fingerprint density at radius 2 is 2.22 bits per heavy atom. The van der Waals surface area contributed by atoms with Crippen LogP contribution in [0.3, 0.4) is 0 Å². The summed E-state index contributed by atoms with van der Waals surface area (Å²) in [5, 5.41) is 19.7. The Morgan fingerprint density at radius 3 is 2.78 bits per heavy atom. The molecule has 0 fully saturated rings. The number of hydrogen-bond acceptors (Lipinski definition) is 3. The van der Waals surface area contributed by atoms with Gasteiger partial charge in [0, 0.05) is 17.6 Å². The third-order valence-electron chi connectivity index (χ3n) is 2.37. The quantitative estimate of drug-likeness (QED) is 0.803. The van der Waals surface area contributed by atoms with Crippen LogP contribution in [-0.2, 0) is 0 Å². The van der Waals surface area contributed by atoms with Crippen LogP contribution >= 0.6 is 0 Å². The first-order valence-corrected chi connectivity index (χ1v) is 5.72. The van der Waals surface area contributed by atoms with Crippen molar-refractivity contribution in [2.75, 3.05) is 0 Å². The summed E-state index contributed by atoms with van der Waals surface area (Å²) in [6.07, 6.45) is 3.21. The van der Waals surface area contributed by atoms with Crippen molar-refractivity contribution < 1.29 is 14.6 Å². The summed E-state index contributed by atoms with van der Waals surface area (Å²) in [4.78, 5) is 0. The van der Waals surface area contributed by atoms with E-state index in [-0.39, 0.29) is 6.42 Å². The van der Waals surface area contributed by atoms with Crippen LogP contribution in [0, 0.1) is 11.8 Å². The molecule has 0 amide bonds. The zero-order chi connectivity index (χ0) is 13.5. The average molecular weight is 246 g/mol. The molecule has 1 rings (SSSR count). The highest BCUT2D eigenvalue weighted by molar-refractivity contribution is 5.34. The van der Waals surface area contributed by atoms with E-state index in [0.29, 0.717) is 11.1 Å². The van der Waals surface area contributed by atoms with E-state index in [1.165, 1.54) is 12.5 Å². The van der Waals surface area contributed by atoms with Crippen molar-refractivity contribution in [3.8, 4) is 11.8 Å². The molecule has 0 saturated carbocycles. The molecular weight excluding hydrogens is 228 g/mol. The minimum absolute atomic E-state index is 0.155. The van der Waals surface area contributed by atoms with Gasteiger partial charge in [-0.3, -0.25) is 0 Å². The lowest BCUT2D eigenvalue weighted by atomic mass is 10.0. The number of aliphatic hydroxyl groups excluding tert-OH is 2. The Balaban J connectivity index is 2.54. The molecule has 2 N–H and O–H groups in total. The van der Waals surface area contributed by atoms with Crippen LogP contribution in [0.4, 0.5) is 0 Å². The summed E-state index contributed by atoms with van der Waals surface area (Å²) < 4.78 is 4.87. The molecule has 18 heavy (non-hydrogen) atoms. The topological polar surface area (TPSA) is 53.6 Å². The third kappa shape index (κ3) is 4.62. The Labute approximate surface area is 107 Å². The monoisotopic (exact) mass is 246 g/mol. The van der Waals surface area contributed by atoms with Crippen molar-refractivity contribution >= 4 is 0 Å². The molecule has 1 aromatic rings.